The molecule has 8 nitrogen and oxygen atoms in total. The number of anilines is 3. The highest BCUT2D eigenvalue weighted by atomic mass is 35.5. The van der Waals surface area contributed by atoms with Gasteiger partial charge in [-0.05, 0) is 6.07 Å². The summed E-state index contributed by atoms with van der Waals surface area (Å²) in [6, 6.07) is 3.19. The van der Waals surface area contributed by atoms with Gasteiger partial charge in [0.2, 0.25) is 12.4 Å². The van der Waals surface area contributed by atoms with Crippen molar-refractivity contribution in [2.24, 2.45) is 0 Å². The van der Waals surface area contributed by atoms with Crippen molar-refractivity contribution in [3.05, 3.63) is 34.5 Å². The van der Waals surface area contributed by atoms with Gasteiger partial charge in [-0.2, -0.15) is 18.2 Å². The molecule has 0 radical (unpaired) electrons. The number of alkyl halides is 3. The SMILES string of the molecule is CNc1nc(Nc2cc(OC)c(C3CN(C=O)CCO3)cc2Cl)ncc1C(F)(F)F. The summed E-state index contributed by atoms with van der Waals surface area (Å²) in [4.78, 5) is 20.2. The zero-order valence-electron chi connectivity index (χ0n) is 16.1. The van der Waals surface area contributed by atoms with Crippen LogP contribution < -0.4 is 15.4 Å². The first-order valence-corrected chi connectivity index (χ1v) is 9.22. The van der Waals surface area contributed by atoms with Gasteiger partial charge in [-0.15, -0.1) is 0 Å². The number of amides is 1. The Morgan fingerprint density at radius 3 is 2.80 bits per heavy atom. The van der Waals surface area contributed by atoms with Crippen LogP contribution in [0.1, 0.15) is 17.2 Å². The average molecular weight is 446 g/mol. The zero-order chi connectivity index (χ0) is 21.9. The summed E-state index contributed by atoms with van der Waals surface area (Å²) in [5.41, 5.74) is -0.00487. The predicted molar refractivity (Wildman–Crippen MR) is 104 cm³/mol. The fraction of sp³-hybridized carbons (Fsp3) is 0.389. The standard InChI is InChI=1S/C18H19ClF3N5O3/c1-23-16-11(18(20,21)22)7-24-17(26-16)25-13-6-14(29-2)10(5-12(13)19)15-8-27(9-28)3-4-30-15/h5-7,9,15H,3-4,8H2,1-2H3,(H2,23,24,25,26). The fourth-order valence-electron chi connectivity index (χ4n) is 3.01. The van der Waals surface area contributed by atoms with E-state index in [1.165, 1.54) is 14.2 Å². The molecule has 1 saturated heterocycles. The number of nitrogens with zero attached hydrogens (tertiary/aromatic N) is 3. The summed E-state index contributed by atoms with van der Waals surface area (Å²) < 4.78 is 50.2. The second-order valence-corrected chi connectivity index (χ2v) is 6.77. The molecule has 2 N–H and O–H groups in total. The number of ether oxygens (including phenoxy) is 2. The number of aromatic nitrogens is 2. The number of hydrogen-bond donors (Lipinski definition) is 2. The first-order chi connectivity index (χ1) is 14.3. The minimum atomic E-state index is -4.59. The van der Waals surface area contributed by atoms with Crippen molar-refractivity contribution in [2.75, 3.05) is 44.5 Å². The fourth-order valence-corrected chi connectivity index (χ4v) is 3.23. The number of morpholine rings is 1. The number of hydrogen-bond acceptors (Lipinski definition) is 7. The van der Waals surface area contributed by atoms with Crippen LogP contribution in [0.5, 0.6) is 5.75 Å². The third kappa shape index (κ3) is 4.68. The molecule has 1 aliphatic rings. The molecule has 3 rings (SSSR count). The van der Waals surface area contributed by atoms with Crippen LogP contribution in [-0.4, -0.2) is 55.1 Å². The Balaban J connectivity index is 1.90. The molecule has 30 heavy (non-hydrogen) atoms. The van der Waals surface area contributed by atoms with E-state index in [2.05, 4.69) is 20.6 Å². The van der Waals surface area contributed by atoms with E-state index < -0.39 is 17.8 Å². The molecule has 0 bridgehead atoms. The van der Waals surface area contributed by atoms with Crippen molar-refractivity contribution in [2.45, 2.75) is 12.3 Å². The molecular weight excluding hydrogens is 427 g/mol. The molecule has 1 aliphatic heterocycles. The van der Waals surface area contributed by atoms with E-state index in [1.807, 2.05) is 0 Å². The second-order valence-electron chi connectivity index (χ2n) is 6.36. The lowest BCUT2D eigenvalue weighted by atomic mass is 10.1. The third-order valence-electron chi connectivity index (χ3n) is 4.49. The van der Waals surface area contributed by atoms with Crippen LogP contribution in [0.3, 0.4) is 0 Å². The van der Waals surface area contributed by atoms with Crippen LogP contribution in [0.4, 0.5) is 30.6 Å². The monoisotopic (exact) mass is 445 g/mol. The quantitative estimate of drug-likeness (QED) is 0.658. The number of benzene rings is 1. The lowest BCUT2D eigenvalue weighted by molar-refractivity contribution is -0.137. The average Bonchev–Trinajstić information content (AvgIpc) is 2.74. The van der Waals surface area contributed by atoms with Crippen molar-refractivity contribution in [1.29, 1.82) is 0 Å². The molecule has 1 fully saturated rings. The van der Waals surface area contributed by atoms with Crippen LogP contribution >= 0.6 is 11.6 Å². The zero-order valence-corrected chi connectivity index (χ0v) is 16.8. The first-order valence-electron chi connectivity index (χ1n) is 8.84. The normalized spacial score (nSPS) is 16.9. The highest BCUT2D eigenvalue weighted by molar-refractivity contribution is 6.33. The van der Waals surface area contributed by atoms with E-state index in [0.29, 0.717) is 42.9 Å². The summed E-state index contributed by atoms with van der Waals surface area (Å²) in [7, 11) is 2.80. The third-order valence-corrected chi connectivity index (χ3v) is 4.80. The Kier molecular flexibility index (Phi) is 6.52. The number of carbonyl (C=O) groups is 1. The molecule has 0 saturated carbocycles. The molecule has 0 aliphatic carbocycles. The molecule has 162 valence electrons. The van der Waals surface area contributed by atoms with Gasteiger partial charge in [0.1, 0.15) is 23.2 Å². The lowest BCUT2D eigenvalue weighted by Gasteiger charge is -2.31. The molecular formula is C18H19ClF3N5O3. The molecule has 1 atom stereocenters. The Morgan fingerprint density at radius 2 is 2.17 bits per heavy atom. The van der Waals surface area contributed by atoms with Gasteiger partial charge in [-0.25, -0.2) is 4.98 Å². The number of carbonyl (C=O) groups excluding carboxylic acids is 1. The summed E-state index contributed by atoms with van der Waals surface area (Å²) in [6.07, 6.45) is -3.58. The van der Waals surface area contributed by atoms with Crippen LogP contribution in [0.25, 0.3) is 0 Å². The van der Waals surface area contributed by atoms with Gasteiger partial charge in [0.15, 0.2) is 0 Å². The second kappa shape index (κ2) is 8.92. The van der Waals surface area contributed by atoms with Crippen molar-refractivity contribution in [1.82, 2.24) is 14.9 Å². The molecule has 12 heteroatoms. The van der Waals surface area contributed by atoms with Gasteiger partial charge in [-0.3, -0.25) is 4.79 Å². The van der Waals surface area contributed by atoms with Crippen molar-refractivity contribution in [3.63, 3.8) is 0 Å². The molecule has 1 aromatic carbocycles. The van der Waals surface area contributed by atoms with Gasteiger partial charge in [0.05, 0.1) is 31.0 Å². The molecule has 1 amide bonds. The van der Waals surface area contributed by atoms with Crippen molar-refractivity contribution in [3.8, 4) is 5.75 Å². The Morgan fingerprint density at radius 1 is 1.40 bits per heavy atom. The van der Waals surface area contributed by atoms with Crippen LogP contribution in [0.2, 0.25) is 5.02 Å². The van der Waals surface area contributed by atoms with Gasteiger partial charge in [0.25, 0.3) is 0 Å². The molecule has 1 aromatic heterocycles. The number of halogens is 4. The Bertz CT molecular complexity index is 929. The summed E-state index contributed by atoms with van der Waals surface area (Å²) in [6.45, 7) is 1.21. The van der Waals surface area contributed by atoms with Crippen molar-refractivity contribution >= 4 is 35.5 Å². The minimum Gasteiger partial charge on any atom is -0.496 e. The highest BCUT2D eigenvalue weighted by Crippen LogP contribution is 2.38. The van der Waals surface area contributed by atoms with E-state index in [0.717, 1.165) is 6.41 Å². The van der Waals surface area contributed by atoms with Gasteiger partial charge in [-0.1, -0.05) is 11.6 Å². The number of rotatable bonds is 6. The summed E-state index contributed by atoms with van der Waals surface area (Å²) >= 11 is 6.37. The maximum Gasteiger partial charge on any atom is 0.421 e. The number of nitrogens with one attached hydrogen (secondary N) is 2. The van der Waals surface area contributed by atoms with E-state index in [1.54, 1.807) is 17.0 Å². The maximum atomic E-state index is 13.0. The van der Waals surface area contributed by atoms with E-state index in [9.17, 15) is 18.0 Å². The molecule has 2 aromatic rings. The molecule has 0 spiro atoms. The largest absolute Gasteiger partial charge is 0.496 e. The maximum absolute atomic E-state index is 13.0. The smallest absolute Gasteiger partial charge is 0.421 e. The van der Waals surface area contributed by atoms with Crippen LogP contribution in [0, 0.1) is 0 Å². The highest BCUT2D eigenvalue weighted by Gasteiger charge is 2.35. The van der Waals surface area contributed by atoms with Gasteiger partial charge < -0.3 is 25.0 Å². The van der Waals surface area contributed by atoms with Crippen LogP contribution in [-0.2, 0) is 15.7 Å². The van der Waals surface area contributed by atoms with Crippen molar-refractivity contribution < 1.29 is 27.4 Å². The summed E-state index contributed by atoms with van der Waals surface area (Å²) in [5, 5.41) is 5.47. The van der Waals surface area contributed by atoms with E-state index >= 15 is 0 Å². The van der Waals surface area contributed by atoms with E-state index in [-0.39, 0.29) is 16.8 Å². The van der Waals surface area contributed by atoms with Crippen LogP contribution in [0.15, 0.2) is 18.3 Å². The van der Waals surface area contributed by atoms with Gasteiger partial charge in [0, 0.05) is 31.4 Å². The lowest BCUT2D eigenvalue weighted by Crippen LogP contribution is -2.37. The number of methoxy groups -OCH3 is 1. The topological polar surface area (TPSA) is 88.6 Å². The minimum absolute atomic E-state index is 0.0786. The molecule has 2 heterocycles. The first kappa shape index (κ1) is 21.9. The Labute approximate surface area is 175 Å². The van der Waals surface area contributed by atoms with Gasteiger partial charge >= 0.3 is 6.18 Å². The molecule has 1 unspecified atom stereocenters. The predicted octanol–water partition coefficient (Wildman–Crippen LogP) is 3.47. The van der Waals surface area contributed by atoms with E-state index in [4.69, 9.17) is 21.1 Å². The summed E-state index contributed by atoms with van der Waals surface area (Å²) in [5.74, 6) is -0.0187. The Hall–Kier alpha value is -2.79.